The molecule has 0 amide bonds. The summed E-state index contributed by atoms with van der Waals surface area (Å²) in [6.45, 7) is 0. The molecule has 1 heterocycles. The lowest BCUT2D eigenvalue weighted by Gasteiger charge is -2.07. The van der Waals surface area contributed by atoms with Crippen LogP contribution < -0.4 is 5.73 Å². The lowest BCUT2D eigenvalue weighted by atomic mass is 10.2. The molecule has 3 rings (SSSR count). The van der Waals surface area contributed by atoms with Crippen LogP contribution in [0.2, 0.25) is 5.02 Å². The van der Waals surface area contributed by atoms with Crippen LogP contribution in [0.3, 0.4) is 0 Å². The van der Waals surface area contributed by atoms with Crippen molar-refractivity contribution in [2.24, 2.45) is 0 Å². The third-order valence-electron chi connectivity index (χ3n) is 2.87. The second kappa shape index (κ2) is 5.75. The van der Waals surface area contributed by atoms with Crippen molar-refractivity contribution in [2.45, 2.75) is 0 Å². The van der Waals surface area contributed by atoms with Crippen molar-refractivity contribution in [1.29, 1.82) is 0 Å². The van der Waals surface area contributed by atoms with Gasteiger partial charge in [0.15, 0.2) is 5.82 Å². The van der Waals surface area contributed by atoms with Gasteiger partial charge in [0.25, 0.3) is 0 Å². The Hall–Kier alpha value is -1.44. The monoisotopic (exact) mass is 427 g/mol. The normalized spacial score (nSPS) is 10.8. The maximum atomic E-state index is 6.12. The van der Waals surface area contributed by atoms with Crippen LogP contribution in [0.5, 0.6) is 0 Å². The van der Waals surface area contributed by atoms with E-state index in [0.717, 1.165) is 20.2 Å². The van der Waals surface area contributed by atoms with Gasteiger partial charge in [0, 0.05) is 20.2 Å². The second-order valence-corrected chi connectivity index (χ2v) is 6.36. The van der Waals surface area contributed by atoms with Gasteiger partial charge in [-0.05, 0) is 78.7 Å². The van der Waals surface area contributed by atoms with Crippen LogP contribution in [0.4, 0.5) is 5.69 Å². The first-order chi connectivity index (χ1) is 10.1. The topological polar surface area (TPSA) is 69.6 Å². The van der Waals surface area contributed by atoms with Gasteiger partial charge in [-0.3, -0.25) is 0 Å². The van der Waals surface area contributed by atoms with Crippen molar-refractivity contribution in [2.75, 3.05) is 5.73 Å². The molecule has 8 heteroatoms. The molecule has 5 nitrogen and oxygen atoms in total. The molecule has 1 aromatic heterocycles. The van der Waals surface area contributed by atoms with Crippen molar-refractivity contribution in [3.05, 3.63) is 50.4 Å². The van der Waals surface area contributed by atoms with Crippen LogP contribution in [0.1, 0.15) is 0 Å². The Labute approximate surface area is 142 Å². The van der Waals surface area contributed by atoms with Crippen molar-refractivity contribution in [3.63, 3.8) is 0 Å². The molecular weight excluding hydrogens is 421 g/mol. The molecule has 0 saturated heterocycles. The third kappa shape index (κ3) is 2.81. The molecule has 106 valence electrons. The number of nitrogens with zero attached hydrogens (tertiary/aromatic N) is 4. The predicted molar refractivity (Wildman–Crippen MR) is 89.4 cm³/mol. The minimum Gasteiger partial charge on any atom is -0.398 e. The van der Waals surface area contributed by atoms with Gasteiger partial charge < -0.3 is 5.73 Å². The molecule has 0 aliphatic heterocycles. The van der Waals surface area contributed by atoms with Crippen molar-refractivity contribution in [3.8, 4) is 17.1 Å². The number of halogens is 3. The van der Waals surface area contributed by atoms with Gasteiger partial charge >= 0.3 is 0 Å². The number of hydrogen-bond donors (Lipinski definition) is 1. The molecular formula is C13H8Br2ClN5. The molecule has 0 bridgehead atoms. The Kier molecular flexibility index (Phi) is 3.97. The average Bonchev–Trinajstić information content (AvgIpc) is 2.94. The van der Waals surface area contributed by atoms with Gasteiger partial charge in [-0.1, -0.05) is 11.6 Å². The van der Waals surface area contributed by atoms with Crippen LogP contribution in [0.25, 0.3) is 17.1 Å². The van der Waals surface area contributed by atoms with E-state index in [1.807, 2.05) is 30.3 Å². The average molecular weight is 430 g/mol. The zero-order valence-electron chi connectivity index (χ0n) is 10.5. The van der Waals surface area contributed by atoms with Gasteiger partial charge in [-0.2, -0.15) is 4.68 Å². The molecule has 0 fully saturated rings. The fraction of sp³-hybridized carbons (Fsp3) is 0. The van der Waals surface area contributed by atoms with Crippen LogP contribution in [-0.2, 0) is 0 Å². The maximum Gasteiger partial charge on any atom is 0.187 e. The standard InChI is InChI=1S/C13H8Br2ClN5/c14-9-4-2-8(6-11(9)16)21-13(18-19-20-21)7-1-3-10(15)12(17)5-7/h1-6H,17H2. The van der Waals surface area contributed by atoms with Gasteiger partial charge in [0.1, 0.15) is 0 Å². The summed E-state index contributed by atoms with van der Waals surface area (Å²) in [6.07, 6.45) is 0. The first-order valence-electron chi connectivity index (χ1n) is 5.85. The smallest absolute Gasteiger partial charge is 0.187 e. The molecule has 0 unspecified atom stereocenters. The summed E-state index contributed by atoms with van der Waals surface area (Å²) in [6, 6.07) is 11.1. The minimum atomic E-state index is 0.587. The van der Waals surface area contributed by atoms with E-state index in [9.17, 15) is 0 Å². The molecule has 3 aromatic rings. The lowest BCUT2D eigenvalue weighted by Crippen LogP contribution is -2.00. The summed E-state index contributed by atoms with van der Waals surface area (Å²) in [4.78, 5) is 0. The Bertz CT molecular complexity index is 752. The first kappa shape index (κ1) is 14.5. The highest BCUT2D eigenvalue weighted by Crippen LogP contribution is 2.29. The Morgan fingerprint density at radius 2 is 1.81 bits per heavy atom. The van der Waals surface area contributed by atoms with Gasteiger partial charge in [0.2, 0.25) is 0 Å². The van der Waals surface area contributed by atoms with E-state index in [-0.39, 0.29) is 0 Å². The minimum absolute atomic E-state index is 0.587. The van der Waals surface area contributed by atoms with E-state index >= 15 is 0 Å². The predicted octanol–water partition coefficient (Wildman–Crippen LogP) is 4.09. The quantitative estimate of drug-likeness (QED) is 0.623. The number of nitrogens with two attached hydrogens (primary N) is 1. The molecule has 0 spiro atoms. The Balaban J connectivity index is 2.12. The number of nitrogen functional groups attached to an aromatic ring is 1. The van der Waals surface area contributed by atoms with Gasteiger partial charge in [0.05, 0.1) is 10.7 Å². The number of anilines is 1. The molecule has 0 atom stereocenters. The number of rotatable bonds is 2. The summed E-state index contributed by atoms with van der Waals surface area (Å²) in [5, 5.41) is 12.4. The largest absolute Gasteiger partial charge is 0.398 e. The molecule has 0 saturated carbocycles. The van der Waals surface area contributed by atoms with Crippen LogP contribution >= 0.6 is 43.5 Å². The zero-order valence-corrected chi connectivity index (χ0v) is 14.4. The van der Waals surface area contributed by atoms with E-state index in [0.29, 0.717) is 16.5 Å². The summed E-state index contributed by atoms with van der Waals surface area (Å²) < 4.78 is 3.26. The molecule has 0 aliphatic rings. The number of benzene rings is 2. The van der Waals surface area contributed by atoms with E-state index in [4.69, 9.17) is 17.3 Å². The van der Waals surface area contributed by atoms with Crippen LogP contribution in [-0.4, -0.2) is 20.2 Å². The molecule has 2 aromatic carbocycles. The number of tetrazole rings is 1. The number of hydrogen-bond acceptors (Lipinski definition) is 4. The summed E-state index contributed by atoms with van der Waals surface area (Å²) in [5.41, 5.74) is 8.12. The van der Waals surface area contributed by atoms with Crippen LogP contribution in [0, 0.1) is 0 Å². The van der Waals surface area contributed by atoms with E-state index in [2.05, 4.69) is 47.4 Å². The molecule has 0 aliphatic carbocycles. The molecule has 2 N–H and O–H groups in total. The van der Waals surface area contributed by atoms with Crippen molar-refractivity contribution >= 4 is 49.1 Å². The SMILES string of the molecule is Nc1cc(-c2nnnn2-c2ccc(Br)c(Cl)c2)ccc1Br. The van der Waals surface area contributed by atoms with Crippen LogP contribution in [0.15, 0.2) is 45.3 Å². The zero-order chi connectivity index (χ0) is 15.0. The lowest BCUT2D eigenvalue weighted by molar-refractivity contribution is 0.791. The highest BCUT2D eigenvalue weighted by Gasteiger charge is 2.12. The molecule has 0 radical (unpaired) electrons. The summed E-state index contributed by atoms with van der Waals surface area (Å²) in [5.74, 6) is 0.590. The van der Waals surface area contributed by atoms with Gasteiger partial charge in [-0.25, -0.2) is 0 Å². The highest BCUT2D eigenvalue weighted by atomic mass is 79.9. The van der Waals surface area contributed by atoms with E-state index in [1.165, 1.54) is 0 Å². The first-order valence-corrected chi connectivity index (χ1v) is 7.82. The van der Waals surface area contributed by atoms with Crippen molar-refractivity contribution in [1.82, 2.24) is 20.2 Å². The van der Waals surface area contributed by atoms with E-state index < -0.39 is 0 Å². The van der Waals surface area contributed by atoms with E-state index in [1.54, 1.807) is 10.7 Å². The summed E-state index contributed by atoms with van der Waals surface area (Å²) in [7, 11) is 0. The van der Waals surface area contributed by atoms with Gasteiger partial charge in [-0.15, -0.1) is 5.10 Å². The maximum absolute atomic E-state index is 6.12. The highest BCUT2D eigenvalue weighted by molar-refractivity contribution is 9.11. The summed E-state index contributed by atoms with van der Waals surface area (Å²) >= 11 is 12.8. The van der Waals surface area contributed by atoms with Crippen molar-refractivity contribution < 1.29 is 0 Å². The number of aromatic nitrogens is 4. The second-order valence-electron chi connectivity index (χ2n) is 4.25. The Morgan fingerprint density at radius 1 is 1.05 bits per heavy atom. The fourth-order valence-electron chi connectivity index (χ4n) is 1.84. The third-order valence-corrected chi connectivity index (χ3v) is 4.83. The fourth-order valence-corrected chi connectivity index (χ4v) is 2.51. The molecule has 21 heavy (non-hydrogen) atoms. The Morgan fingerprint density at radius 3 is 2.52 bits per heavy atom.